The maximum Gasteiger partial charge on any atom is 0.289 e. The van der Waals surface area contributed by atoms with Crippen LogP contribution in [0.5, 0.6) is 0 Å². The second-order valence-corrected chi connectivity index (χ2v) is 5.71. The van der Waals surface area contributed by atoms with Gasteiger partial charge in [0.25, 0.3) is 5.91 Å². The molecule has 1 N–H and O–H groups in total. The van der Waals surface area contributed by atoms with E-state index in [1.807, 2.05) is 6.92 Å². The van der Waals surface area contributed by atoms with Gasteiger partial charge in [-0.3, -0.25) is 9.59 Å². The molecule has 140 valence electrons. The summed E-state index contributed by atoms with van der Waals surface area (Å²) >= 11 is 0. The zero-order valence-electron chi connectivity index (χ0n) is 14.9. The fourth-order valence-electron chi connectivity index (χ4n) is 2.39. The molecular weight excluding hydrogens is 437 g/mol. The van der Waals surface area contributed by atoms with Crippen LogP contribution in [0.1, 0.15) is 17.5 Å². The molecule has 1 aromatic rings. The van der Waals surface area contributed by atoms with Crippen LogP contribution in [0.3, 0.4) is 0 Å². The average molecular weight is 463 g/mol. The predicted molar refractivity (Wildman–Crippen MR) is 106 cm³/mol. The van der Waals surface area contributed by atoms with Gasteiger partial charge in [0, 0.05) is 46.8 Å². The molecule has 2 rings (SSSR count). The summed E-state index contributed by atoms with van der Waals surface area (Å²) in [6, 6.07) is 3.38. The molecule has 0 bridgehead atoms. The SMILES string of the molecule is CCNC(=NCC(=O)N(C)C)N1CCN(C(=O)c2ccco2)CC1.I. The van der Waals surface area contributed by atoms with Crippen molar-refractivity contribution in [3.63, 3.8) is 0 Å². The lowest BCUT2D eigenvalue weighted by Crippen LogP contribution is -2.54. The molecule has 8 nitrogen and oxygen atoms in total. The minimum atomic E-state index is -0.0932. The van der Waals surface area contributed by atoms with Gasteiger partial charge in [-0.15, -0.1) is 24.0 Å². The first kappa shape index (κ1) is 21.3. The van der Waals surface area contributed by atoms with Crippen molar-refractivity contribution in [3.8, 4) is 0 Å². The first-order chi connectivity index (χ1) is 11.5. The van der Waals surface area contributed by atoms with Gasteiger partial charge in [-0.25, -0.2) is 4.99 Å². The molecule has 1 fully saturated rings. The van der Waals surface area contributed by atoms with Gasteiger partial charge >= 0.3 is 0 Å². The van der Waals surface area contributed by atoms with Crippen LogP contribution in [0.25, 0.3) is 0 Å². The lowest BCUT2D eigenvalue weighted by atomic mass is 10.3. The molecule has 0 atom stereocenters. The Balaban J connectivity index is 0.00000312. The third-order valence-corrected chi connectivity index (χ3v) is 3.80. The van der Waals surface area contributed by atoms with Gasteiger partial charge < -0.3 is 24.4 Å². The van der Waals surface area contributed by atoms with Crippen molar-refractivity contribution in [2.45, 2.75) is 6.92 Å². The lowest BCUT2D eigenvalue weighted by Gasteiger charge is -2.36. The normalized spacial score (nSPS) is 14.8. The number of carbonyl (C=O) groups is 2. The lowest BCUT2D eigenvalue weighted by molar-refractivity contribution is -0.127. The molecule has 0 unspecified atom stereocenters. The van der Waals surface area contributed by atoms with E-state index in [0.717, 1.165) is 6.54 Å². The fourth-order valence-corrected chi connectivity index (χ4v) is 2.39. The zero-order valence-corrected chi connectivity index (χ0v) is 17.2. The highest BCUT2D eigenvalue weighted by molar-refractivity contribution is 14.0. The maximum absolute atomic E-state index is 12.3. The summed E-state index contributed by atoms with van der Waals surface area (Å²) < 4.78 is 5.17. The van der Waals surface area contributed by atoms with E-state index in [9.17, 15) is 9.59 Å². The highest BCUT2D eigenvalue weighted by Crippen LogP contribution is 2.09. The number of nitrogens with one attached hydrogen (secondary N) is 1. The molecule has 0 aliphatic carbocycles. The van der Waals surface area contributed by atoms with Crippen molar-refractivity contribution in [3.05, 3.63) is 24.2 Å². The Hall–Kier alpha value is -1.78. The number of nitrogens with zero attached hydrogens (tertiary/aromatic N) is 4. The number of likely N-dealkylation sites (N-methyl/N-ethyl adjacent to an activating group) is 1. The maximum atomic E-state index is 12.3. The minimum Gasteiger partial charge on any atom is -0.459 e. The van der Waals surface area contributed by atoms with Crippen LogP contribution in [-0.4, -0.2) is 85.8 Å². The summed E-state index contributed by atoms with van der Waals surface area (Å²) in [7, 11) is 3.42. The first-order valence-electron chi connectivity index (χ1n) is 8.09. The molecule has 2 heterocycles. The van der Waals surface area contributed by atoms with Crippen LogP contribution in [0.15, 0.2) is 27.8 Å². The molecule has 2 amide bonds. The van der Waals surface area contributed by atoms with Gasteiger partial charge in [-0.05, 0) is 19.1 Å². The molecular formula is C16H26IN5O3. The van der Waals surface area contributed by atoms with Crippen LogP contribution in [0.4, 0.5) is 0 Å². The number of carbonyl (C=O) groups excluding carboxylic acids is 2. The van der Waals surface area contributed by atoms with Crippen molar-refractivity contribution < 1.29 is 14.0 Å². The number of piperazine rings is 1. The van der Waals surface area contributed by atoms with Crippen LogP contribution < -0.4 is 5.32 Å². The van der Waals surface area contributed by atoms with Crippen LogP contribution in [0.2, 0.25) is 0 Å². The van der Waals surface area contributed by atoms with E-state index in [1.54, 1.807) is 31.1 Å². The highest BCUT2D eigenvalue weighted by Gasteiger charge is 2.25. The van der Waals surface area contributed by atoms with Gasteiger partial charge in [0.15, 0.2) is 11.7 Å². The average Bonchev–Trinajstić information content (AvgIpc) is 3.12. The van der Waals surface area contributed by atoms with E-state index in [-0.39, 0.29) is 42.3 Å². The van der Waals surface area contributed by atoms with Gasteiger partial charge in [-0.2, -0.15) is 0 Å². The summed E-state index contributed by atoms with van der Waals surface area (Å²) in [6.07, 6.45) is 1.50. The number of furan rings is 1. The number of amides is 2. The van der Waals surface area contributed by atoms with Gasteiger partial charge in [0.05, 0.1) is 6.26 Å². The topological polar surface area (TPSA) is 81.4 Å². The smallest absolute Gasteiger partial charge is 0.289 e. The summed E-state index contributed by atoms with van der Waals surface area (Å²) in [6.45, 7) is 5.32. The minimum absolute atomic E-state index is 0. The molecule has 1 saturated heterocycles. The van der Waals surface area contributed by atoms with E-state index in [1.165, 1.54) is 11.2 Å². The monoisotopic (exact) mass is 463 g/mol. The van der Waals surface area contributed by atoms with Crippen molar-refractivity contribution in [2.75, 3.05) is 53.4 Å². The molecule has 1 aromatic heterocycles. The summed E-state index contributed by atoms with van der Waals surface area (Å²) in [5.41, 5.74) is 0. The Morgan fingerprint density at radius 1 is 1.24 bits per heavy atom. The molecule has 9 heteroatoms. The number of halogens is 1. The molecule has 0 saturated carbocycles. The molecule has 0 radical (unpaired) electrons. The molecule has 0 aromatic carbocycles. The Morgan fingerprint density at radius 3 is 2.40 bits per heavy atom. The Bertz CT molecular complexity index is 581. The van der Waals surface area contributed by atoms with E-state index in [2.05, 4.69) is 15.2 Å². The van der Waals surface area contributed by atoms with Crippen LogP contribution in [-0.2, 0) is 4.79 Å². The van der Waals surface area contributed by atoms with Crippen molar-refractivity contribution in [1.82, 2.24) is 20.0 Å². The number of hydrogen-bond donors (Lipinski definition) is 1. The number of hydrogen-bond acceptors (Lipinski definition) is 4. The summed E-state index contributed by atoms with van der Waals surface area (Å²) in [5.74, 6) is 0.930. The van der Waals surface area contributed by atoms with E-state index in [0.29, 0.717) is 37.9 Å². The summed E-state index contributed by atoms with van der Waals surface area (Å²) in [4.78, 5) is 33.7. The highest BCUT2D eigenvalue weighted by atomic mass is 127. The van der Waals surface area contributed by atoms with Gasteiger partial charge in [0.2, 0.25) is 5.91 Å². The molecule has 1 aliphatic heterocycles. The number of rotatable bonds is 4. The third kappa shape index (κ3) is 5.91. The predicted octanol–water partition coefficient (Wildman–Crippen LogP) is 0.709. The second kappa shape index (κ2) is 10.3. The van der Waals surface area contributed by atoms with Crippen LogP contribution in [0, 0.1) is 0 Å². The van der Waals surface area contributed by atoms with Gasteiger partial charge in [0.1, 0.15) is 6.54 Å². The largest absolute Gasteiger partial charge is 0.459 e. The zero-order chi connectivity index (χ0) is 17.5. The number of aliphatic imine (C=N–C) groups is 1. The molecule has 25 heavy (non-hydrogen) atoms. The van der Waals surface area contributed by atoms with Crippen molar-refractivity contribution in [1.29, 1.82) is 0 Å². The Morgan fingerprint density at radius 2 is 1.88 bits per heavy atom. The number of guanidine groups is 1. The molecule has 0 spiro atoms. The fraction of sp³-hybridized carbons (Fsp3) is 0.562. The second-order valence-electron chi connectivity index (χ2n) is 5.71. The van der Waals surface area contributed by atoms with E-state index in [4.69, 9.17) is 4.42 Å². The first-order valence-corrected chi connectivity index (χ1v) is 8.09. The van der Waals surface area contributed by atoms with Crippen LogP contribution >= 0.6 is 24.0 Å². The quantitative estimate of drug-likeness (QED) is 0.404. The summed E-state index contributed by atoms with van der Waals surface area (Å²) in [5, 5.41) is 3.20. The van der Waals surface area contributed by atoms with Gasteiger partial charge in [-0.1, -0.05) is 0 Å². The Labute approximate surface area is 165 Å². The Kier molecular flexibility index (Phi) is 8.73. The standard InChI is InChI=1S/C16H25N5O3.HI/c1-4-17-16(18-12-14(22)19(2)3)21-9-7-20(8-10-21)15(23)13-6-5-11-24-13;/h5-6,11H,4,7-10,12H2,1-3H3,(H,17,18);1H. The third-order valence-electron chi connectivity index (χ3n) is 3.80. The van der Waals surface area contributed by atoms with E-state index < -0.39 is 0 Å². The molecule has 1 aliphatic rings. The van der Waals surface area contributed by atoms with Crippen molar-refractivity contribution in [2.24, 2.45) is 4.99 Å². The van der Waals surface area contributed by atoms with Crippen molar-refractivity contribution >= 4 is 41.8 Å². The van der Waals surface area contributed by atoms with E-state index >= 15 is 0 Å².